The third-order valence-electron chi connectivity index (χ3n) is 9.69. The van der Waals surface area contributed by atoms with Crippen LogP contribution in [0.25, 0.3) is 0 Å². The van der Waals surface area contributed by atoms with Crippen LogP contribution in [0.3, 0.4) is 0 Å². The molecule has 0 rings (SSSR count). The lowest BCUT2D eigenvalue weighted by Gasteiger charge is -2.30. The van der Waals surface area contributed by atoms with E-state index >= 15 is 0 Å². The number of carboxylic acids is 1. The van der Waals surface area contributed by atoms with Gasteiger partial charge in [-0.25, -0.2) is 0 Å². The highest BCUT2D eigenvalue weighted by Gasteiger charge is 2.49. The van der Waals surface area contributed by atoms with Crippen molar-refractivity contribution in [3.63, 3.8) is 0 Å². The minimum atomic E-state index is -2.13. The Hall–Kier alpha value is -1.27. The summed E-state index contributed by atoms with van der Waals surface area (Å²) in [6.07, 6.45) is 36.9. The lowest BCUT2D eigenvalue weighted by molar-refractivity contribution is -0.148. The number of carbonyl (C=O) groups is 3. The Labute approximate surface area is 279 Å². The number of carboxylic acid groups (broad SMARTS) is 1. The molecule has 0 heterocycles. The van der Waals surface area contributed by atoms with Gasteiger partial charge in [-0.15, -0.1) is 0 Å². The highest BCUT2D eigenvalue weighted by atomic mass is 16.4. The number of carbonyl (C=O) groups excluding carboxylic acids is 2. The van der Waals surface area contributed by atoms with Gasteiger partial charge in [0.1, 0.15) is 6.04 Å². The Morgan fingerprint density at radius 3 is 0.844 bits per heavy atom. The number of hydrogen-bond donors (Lipinski definition) is 3. The fraction of sp³-hybridized carbons (Fsp3) is 0.923. The van der Waals surface area contributed by atoms with Gasteiger partial charge in [-0.1, -0.05) is 194 Å². The van der Waals surface area contributed by atoms with Crippen LogP contribution >= 0.6 is 0 Å². The molecule has 1 atom stereocenters. The van der Waals surface area contributed by atoms with Gasteiger partial charge in [0, 0.05) is 12.8 Å². The Bertz CT molecular complexity index is 665. The van der Waals surface area contributed by atoms with Crippen molar-refractivity contribution >= 4 is 17.5 Å². The number of hydrogen-bond acceptors (Lipinski definition) is 5. The number of unbranched alkanes of at least 4 members (excludes halogenated alkanes) is 28. The fourth-order valence-corrected chi connectivity index (χ4v) is 6.42. The second-order valence-corrected chi connectivity index (χ2v) is 13.9. The summed E-state index contributed by atoms with van der Waals surface area (Å²) in [5.41, 5.74) is 9.96. The van der Waals surface area contributed by atoms with Crippen LogP contribution in [0.4, 0.5) is 0 Å². The van der Waals surface area contributed by atoms with E-state index in [0.29, 0.717) is 12.8 Å². The van der Waals surface area contributed by atoms with Crippen LogP contribution < -0.4 is 11.5 Å². The second kappa shape index (κ2) is 31.3. The molecule has 0 aliphatic carbocycles. The molecule has 6 heteroatoms. The van der Waals surface area contributed by atoms with Crippen molar-refractivity contribution in [3.05, 3.63) is 0 Å². The molecule has 0 aliphatic heterocycles. The molecule has 0 aromatic rings. The van der Waals surface area contributed by atoms with Gasteiger partial charge in [-0.2, -0.15) is 0 Å². The molecule has 266 valence electrons. The number of Topliss-reactive ketones (excluding diaryl/α,β-unsaturated/α-hetero) is 2. The smallest absolute Gasteiger partial charge is 0.323 e. The lowest BCUT2D eigenvalue weighted by Crippen LogP contribution is -2.68. The van der Waals surface area contributed by atoms with Crippen LogP contribution in [-0.2, 0) is 14.4 Å². The largest absolute Gasteiger partial charge is 0.480 e. The summed E-state index contributed by atoms with van der Waals surface area (Å²) in [6, 6.07) is -1.70. The minimum absolute atomic E-state index is 0.111. The molecule has 0 fully saturated rings. The monoisotopic (exact) mass is 637 g/mol. The van der Waals surface area contributed by atoms with Gasteiger partial charge in [0.25, 0.3) is 0 Å². The standard InChI is InChI=1S/C39H76N2O4/c1-3-5-7-9-11-13-15-17-19-21-23-25-27-29-31-33-35(42)39(41,37(40)38(44)45)36(43)34-32-30-28-26-24-22-20-18-16-14-12-10-8-6-4-2/h37H,3-34,40-41H2,1-2H3,(H,44,45). The van der Waals surface area contributed by atoms with Gasteiger partial charge < -0.3 is 16.6 Å². The van der Waals surface area contributed by atoms with Crippen LogP contribution in [-0.4, -0.2) is 34.2 Å². The van der Waals surface area contributed by atoms with Crippen molar-refractivity contribution in [1.82, 2.24) is 0 Å². The zero-order valence-corrected chi connectivity index (χ0v) is 30.0. The van der Waals surface area contributed by atoms with E-state index in [0.717, 1.165) is 38.5 Å². The van der Waals surface area contributed by atoms with Crippen LogP contribution in [0.15, 0.2) is 0 Å². The van der Waals surface area contributed by atoms with Crippen molar-refractivity contribution < 1.29 is 19.5 Å². The summed E-state index contributed by atoms with van der Waals surface area (Å²) >= 11 is 0. The number of nitrogens with two attached hydrogens (primary N) is 2. The summed E-state index contributed by atoms with van der Waals surface area (Å²) in [5.74, 6) is -2.43. The summed E-state index contributed by atoms with van der Waals surface area (Å²) in [5, 5.41) is 9.51. The normalized spacial score (nSPS) is 12.4. The summed E-state index contributed by atoms with van der Waals surface area (Å²) in [7, 11) is 0. The zero-order chi connectivity index (χ0) is 33.4. The summed E-state index contributed by atoms with van der Waals surface area (Å²) in [6.45, 7) is 4.52. The van der Waals surface area contributed by atoms with Crippen molar-refractivity contribution in [3.8, 4) is 0 Å². The molecule has 0 radical (unpaired) electrons. The molecule has 0 amide bonds. The van der Waals surface area contributed by atoms with Crippen LogP contribution in [0.1, 0.15) is 219 Å². The quantitative estimate of drug-likeness (QED) is 0.0464. The van der Waals surface area contributed by atoms with Crippen LogP contribution in [0.2, 0.25) is 0 Å². The second-order valence-electron chi connectivity index (χ2n) is 13.9. The van der Waals surface area contributed by atoms with Crippen molar-refractivity contribution in [2.75, 3.05) is 0 Å². The van der Waals surface area contributed by atoms with E-state index in [-0.39, 0.29) is 12.8 Å². The minimum Gasteiger partial charge on any atom is -0.480 e. The predicted molar refractivity (Wildman–Crippen MR) is 192 cm³/mol. The molecule has 0 saturated carbocycles. The molecular formula is C39H76N2O4. The molecule has 1 unspecified atom stereocenters. The van der Waals surface area contributed by atoms with Gasteiger partial charge in [0.05, 0.1) is 0 Å². The Balaban J connectivity index is 4.04. The van der Waals surface area contributed by atoms with Crippen LogP contribution in [0, 0.1) is 0 Å². The molecule has 0 aromatic heterocycles. The number of rotatable bonds is 36. The van der Waals surface area contributed by atoms with Gasteiger partial charge in [-0.05, 0) is 12.8 Å². The number of aliphatic carboxylic acids is 1. The molecule has 45 heavy (non-hydrogen) atoms. The SMILES string of the molecule is CCCCCCCCCCCCCCCCCC(=O)C(N)(C(=O)CCCCCCCCCCCCCCCCC)C(N)C(=O)O. The van der Waals surface area contributed by atoms with Crippen LogP contribution in [0.5, 0.6) is 0 Å². The maximum Gasteiger partial charge on any atom is 0.323 e. The molecule has 0 aliphatic rings. The topological polar surface area (TPSA) is 123 Å². The third kappa shape index (κ3) is 23.7. The van der Waals surface area contributed by atoms with E-state index in [4.69, 9.17) is 11.5 Å². The lowest BCUT2D eigenvalue weighted by atomic mass is 9.79. The Kier molecular flexibility index (Phi) is 30.5. The first-order valence-corrected chi connectivity index (χ1v) is 19.7. The van der Waals surface area contributed by atoms with Crippen molar-refractivity contribution in [2.24, 2.45) is 11.5 Å². The maximum atomic E-state index is 13.1. The summed E-state index contributed by atoms with van der Waals surface area (Å²) in [4.78, 5) is 37.8. The molecule has 6 nitrogen and oxygen atoms in total. The van der Waals surface area contributed by atoms with E-state index < -0.39 is 29.1 Å². The third-order valence-corrected chi connectivity index (χ3v) is 9.69. The molecule has 0 spiro atoms. The van der Waals surface area contributed by atoms with E-state index in [9.17, 15) is 19.5 Å². The zero-order valence-electron chi connectivity index (χ0n) is 30.0. The average Bonchev–Trinajstić information content (AvgIpc) is 3.03. The number of ketones is 2. The van der Waals surface area contributed by atoms with Crippen molar-refractivity contribution in [1.29, 1.82) is 0 Å². The van der Waals surface area contributed by atoms with Gasteiger partial charge in [0.15, 0.2) is 17.1 Å². The molecule has 0 aromatic carbocycles. The average molecular weight is 637 g/mol. The summed E-state index contributed by atoms with van der Waals surface area (Å²) < 4.78 is 0. The fourth-order valence-electron chi connectivity index (χ4n) is 6.42. The van der Waals surface area contributed by atoms with E-state index in [1.807, 2.05) is 0 Å². The molecular weight excluding hydrogens is 560 g/mol. The highest BCUT2D eigenvalue weighted by molar-refractivity contribution is 6.15. The maximum absolute atomic E-state index is 13.1. The van der Waals surface area contributed by atoms with E-state index in [1.54, 1.807) is 0 Å². The first-order valence-electron chi connectivity index (χ1n) is 19.7. The molecule has 0 bridgehead atoms. The highest BCUT2D eigenvalue weighted by Crippen LogP contribution is 2.20. The first-order chi connectivity index (χ1) is 21.8. The van der Waals surface area contributed by atoms with Gasteiger partial charge >= 0.3 is 5.97 Å². The Morgan fingerprint density at radius 1 is 0.444 bits per heavy atom. The molecule has 5 N–H and O–H groups in total. The van der Waals surface area contributed by atoms with Gasteiger partial charge in [-0.3, -0.25) is 14.4 Å². The molecule has 0 saturated heterocycles. The van der Waals surface area contributed by atoms with E-state index in [1.165, 1.54) is 141 Å². The van der Waals surface area contributed by atoms with E-state index in [2.05, 4.69) is 13.8 Å². The van der Waals surface area contributed by atoms with Crippen molar-refractivity contribution in [2.45, 2.75) is 231 Å². The Morgan fingerprint density at radius 2 is 0.644 bits per heavy atom. The van der Waals surface area contributed by atoms with Gasteiger partial charge in [0.2, 0.25) is 0 Å². The first kappa shape index (κ1) is 43.7. The predicted octanol–water partition coefficient (Wildman–Crippen LogP) is 10.8.